The van der Waals surface area contributed by atoms with E-state index in [1.165, 1.54) is 64.8 Å². The van der Waals surface area contributed by atoms with Crippen LogP contribution in [0.2, 0.25) is 39.3 Å². The first-order valence-corrected chi connectivity index (χ1v) is 19.3. The van der Waals surface area contributed by atoms with Crippen molar-refractivity contribution >= 4 is 80.9 Å². The quantitative estimate of drug-likeness (QED) is 0.233. The summed E-state index contributed by atoms with van der Waals surface area (Å²) in [5.74, 6) is 0. The molecule has 0 atom stereocenters. The highest BCUT2D eigenvalue weighted by molar-refractivity contribution is 6.89. The number of aryl methyl sites for hydroxylation is 2. The van der Waals surface area contributed by atoms with E-state index in [9.17, 15) is 0 Å². The van der Waals surface area contributed by atoms with Gasteiger partial charge in [-0.2, -0.15) is 0 Å². The summed E-state index contributed by atoms with van der Waals surface area (Å²) in [4.78, 5) is 0. The van der Waals surface area contributed by atoms with Crippen LogP contribution in [0, 0.1) is 0 Å². The van der Waals surface area contributed by atoms with E-state index in [4.69, 9.17) is 0 Å². The molecule has 2 nitrogen and oxygen atoms in total. The summed E-state index contributed by atoms with van der Waals surface area (Å²) >= 11 is 0. The SMILES string of the molecule is Cn1c2cc([Si](C)(C)C)ccc2c2ccc3c(ccc4c5ccc([Si](C)(C)C)cc5n(C)c43)c21. The third-order valence-electron chi connectivity index (χ3n) is 7.85. The van der Waals surface area contributed by atoms with Gasteiger partial charge in [-0.25, -0.2) is 0 Å². The lowest BCUT2D eigenvalue weighted by atomic mass is 10.0. The number of hydrogen-bond donors (Lipinski definition) is 0. The Morgan fingerprint density at radius 3 is 1.06 bits per heavy atom. The van der Waals surface area contributed by atoms with E-state index < -0.39 is 16.1 Å². The van der Waals surface area contributed by atoms with E-state index in [-0.39, 0.29) is 0 Å². The van der Waals surface area contributed by atoms with Crippen LogP contribution in [0.4, 0.5) is 0 Å². The van der Waals surface area contributed by atoms with Gasteiger partial charge in [-0.3, -0.25) is 0 Å². The molecule has 4 aromatic carbocycles. The average molecular weight is 479 g/mol. The highest BCUT2D eigenvalue weighted by atomic mass is 28.3. The summed E-state index contributed by atoms with van der Waals surface area (Å²) in [6.45, 7) is 14.6. The van der Waals surface area contributed by atoms with E-state index in [0.29, 0.717) is 0 Å². The first kappa shape index (κ1) is 21.7. The first-order chi connectivity index (χ1) is 16.0. The molecule has 0 N–H and O–H groups in total. The Bertz CT molecular complexity index is 1650. The normalized spacial score (nSPS) is 13.3. The first-order valence-electron chi connectivity index (χ1n) is 12.3. The molecule has 34 heavy (non-hydrogen) atoms. The number of fused-ring (bicyclic) bond motifs is 9. The number of benzene rings is 4. The van der Waals surface area contributed by atoms with E-state index in [0.717, 1.165) is 0 Å². The number of hydrogen-bond acceptors (Lipinski definition) is 0. The molecule has 0 bridgehead atoms. The van der Waals surface area contributed by atoms with Crippen LogP contribution in [0.15, 0.2) is 60.7 Å². The lowest BCUT2D eigenvalue weighted by Crippen LogP contribution is -2.37. The third-order valence-corrected chi connectivity index (χ3v) is 11.9. The molecule has 0 amide bonds. The van der Waals surface area contributed by atoms with E-state index >= 15 is 0 Å². The van der Waals surface area contributed by atoms with Crippen molar-refractivity contribution in [2.75, 3.05) is 0 Å². The van der Waals surface area contributed by atoms with Gasteiger partial charge in [-0.15, -0.1) is 0 Å². The van der Waals surface area contributed by atoms with Gasteiger partial charge in [0, 0.05) is 57.4 Å². The maximum absolute atomic E-state index is 2.45. The smallest absolute Gasteiger partial charge is 0.0776 e. The number of nitrogens with zero attached hydrogens (tertiary/aromatic N) is 2. The summed E-state index contributed by atoms with van der Waals surface area (Å²) in [5.41, 5.74) is 5.38. The van der Waals surface area contributed by atoms with Gasteiger partial charge < -0.3 is 9.13 Å². The molecule has 0 radical (unpaired) electrons. The summed E-state index contributed by atoms with van der Waals surface area (Å²) in [6.07, 6.45) is 0. The van der Waals surface area contributed by atoms with Crippen LogP contribution in [0.25, 0.3) is 54.4 Å². The molecule has 0 fully saturated rings. The second-order valence-electron chi connectivity index (χ2n) is 12.1. The average Bonchev–Trinajstić information content (AvgIpc) is 3.24. The molecule has 4 heteroatoms. The molecular formula is C30H34N2Si2. The molecule has 2 heterocycles. The van der Waals surface area contributed by atoms with Crippen LogP contribution in [0.3, 0.4) is 0 Å². The molecule has 0 unspecified atom stereocenters. The second-order valence-corrected chi connectivity index (χ2v) is 22.3. The van der Waals surface area contributed by atoms with Gasteiger partial charge in [0.2, 0.25) is 0 Å². The fourth-order valence-electron chi connectivity index (χ4n) is 5.78. The Kier molecular flexibility index (Phi) is 4.38. The van der Waals surface area contributed by atoms with Crippen LogP contribution >= 0.6 is 0 Å². The fraction of sp³-hybridized carbons (Fsp3) is 0.267. The summed E-state index contributed by atoms with van der Waals surface area (Å²) in [7, 11) is 1.74. The Balaban J connectivity index is 1.72. The molecule has 6 rings (SSSR count). The maximum Gasteiger partial charge on any atom is 0.0776 e. The van der Waals surface area contributed by atoms with Gasteiger partial charge in [0.05, 0.1) is 27.2 Å². The maximum atomic E-state index is 2.45. The lowest BCUT2D eigenvalue weighted by molar-refractivity contribution is 1.02. The van der Waals surface area contributed by atoms with E-state index in [1.807, 2.05) is 0 Å². The van der Waals surface area contributed by atoms with Crippen LogP contribution in [0.1, 0.15) is 0 Å². The minimum absolute atomic E-state index is 1.34. The number of rotatable bonds is 2. The zero-order valence-electron chi connectivity index (χ0n) is 21.7. The van der Waals surface area contributed by atoms with Crippen molar-refractivity contribution in [3.8, 4) is 0 Å². The molecule has 0 spiro atoms. The largest absolute Gasteiger partial charge is 0.343 e. The molecule has 0 saturated carbocycles. The molecule has 6 aromatic rings. The van der Waals surface area contributed by atoms with Crippen LogP contribution in [-0.2, 0) is 14.1 Å². The van der Waals surface area contributed by atoms with Crippen LogP contribution in [0.5, 0.6) is 0 Å². The predicted octanol–water partition coefficient (Wildman–Crippen LogP) is 7.22. The Morgan fingerprint density at radius 1 is 0.441 bits per heavy atom. The second kappa shape index (κ2) is 6.86. The monoisotopic (exact) mass is 478 g/mol. The lowest BCUT2D eigenvalue weighted by Gasteiger charge is -2.16. The van der Waals surface area contributed by atoms with Crippen molar-refractivity contribution in [1.82, 2.24) is 9.13 Å². The van der Waals surface area contributed by atoms with Crippen molar-refractivity contribution in [2.45, 2.75) is 39.3 Å². The van der Waals surface area contributed by atoms with Crippen LogP contribution < -0.4 is 10.4 Å². The molecule has 0 aliphatic carbocycles. The van der Waals surface area contributed by atoms with Gasteiger partial charge in [0.25, 0.3) is 0 Å². The summed E-state index contributed by atoms with van der Waals surface area (Å²) in [5, 5.41) is 11.1. The Morgan fingerprint density at radius 2 is 0.735 bits per heavy atom. The van der Waals surface area contributed by atoms with Crippen molar-refractivity contribution in [3.05, 3.63) is 60.7 Å². The highest BCUT2D eigenvalue weighted by Crippen LogP contribution is 2.39. The van der Waals surface area contributed by atoms with E-state index in [2.05, 4.69) is 123 Å². The van der Waals surface area contributed by atoms with Crippen molar-refractivity contribution in [1.29, 1.82) is 0 Å². The van der Waals surface area contributed by atoms with Gasteiger partial charge in [-0.05, 0) is 12.1 Å². The summed E-state index contributed by atoms with van der Waals surface area (Å²) < 4.78 is 4.85. The molecule has 2 aromatic heterocycles. The highest BCUT2D eigenvalue weighted by Gasteiger charge is 2.21. The molecule has 172 valence electrons. The standard InChI is InChI=1S/C30H34N2Si2/c1-31-27-17-19(33(3,4)5)9-11-21(27)23-13-16-26-25(29(23)31)15-14-24-22-12-10-20(34(6,7)8)18-28(22)32(2)30(24)26/h9-18H,1-8H3. The summed E-state index contributed by atoms with van der Waals surface area (Å²) in [6, 6.07) is 23.7. The minimum Gasteiger partial charge on any atom is -0.343 e. The number of aromatic nitrogens is 2. The zero-order chi connectivity index (χ0) is 24.2. The minimum atomic E-state index is -1.37. The Labute approximate surface area is 203 Å². The molecule has 0 aliphatic heterocycles. The van der Waals surface area contributed by atoms with Gasteiger partial charge in [-0.1, -0.05) is 98.2 Å². The van der Waals surface area contributed by atoms with Gasteiger partial charge in [0.15, 0.2) is 0 Å². The van der Waals surface area contributed by atoms with Crippen molar-refractivity contribution < 1.29 is 0 Å². The zero-order valence-corrected chi connectivity index (χ0v) is 23.7. The predicted molar refractivity (Wildman–Crippen MR) is 158 cm³/mol. The fourth-order valence-corrected chi connectivity index (χ4v) is 8.09. The molecule has 0 aliphatic rings. The van der Waals surface area contributed by atoms with Gasteiger partial charge >= 0.3 is 0 Å². The molecular weight excluding hydrogens is 445 g/mol. The van der Waals surface area contributed by atoms with Crippen molar-refractivity contribution in [2.24, 2.45) is 14.1 Å². The van der Waals surface area contributed by atoms with Crippen LogP contribution in [-0.4, -0.2) is 25.3 Å². The van der Waals surface area contributed by atoms with Crippen molar-refractivity contribution in [3.63, 3.8) is 0 Å². The Hall–Kier alpha value is -2.83. The van der Waals surface area contributed by atoms with E-state index in [1.54, 1.807) is 0 Å². The third kappa shape index (κ3) is 2.91. The molecule has 0 saturated heterocycles. The van der Waals surface area contributed by atoms with Gasteiger partial charge in [0.1, 0.15) is 0 Å². The topological polar surface area (TPSA) is 9.86 Å².